The number of tetrazole rings is 1. The molecule has 1 aromatic heterocycles. The third-order valence-corrected chi connectivity index (χ3v) is 3.37. The largest absolute Gasteiger partial charge is 0.323 e. The van der Waals surface area contributed by atoms with Crippen LogP contribution in [0.5, 0.6) is 0 Å². The van der Waals surface area contributed by atoms with Gasteiger partial charge in [0.1, 0.15) is 12.9 Å². The molecule has 0 aliphatic carbocycles. The minimum Gasteiger partial charge on any atom is -0.323 e. The number of halogens is 1. The maximum atomic E-state index is 12.0. The molecule has 3 aromatic rings. The van der Waals surface area contributed by atoms with Gasteiger partial charge in [0.15, 0.2) is 0 Å². The molecule has 0 saturated heterocycles. The molecule has 6 nitrogen and oxygen atoms in total. The van der Waals surface area contributed by atoms with Crippen LogP contribution in [0.4, 0.5) is 5.69 Å². The van der Waals surface area contributed by atoms with E-state index in [0.29, 0.717) is 10.7 Å². The zero-order valence-corrected chi connectivity index (χ0v) is 12.2. The van der Waals surface area contributed by atoms with Gasteiger partial charge in [-0.15, -0.1) is 5.10 Å². The van der Waals surface area contributed by atoms with Crippen molar-refractivity contribution in [2.24, 2.45) is 0 Å². The lowest BCUT2D eigenvalue weighted by Gasteiger charge is -2.09. The molecular weight excluding hydrogens is 302 g/mol. The van der Waals surface area contributed by atoms with Crippen LogP contribution >= 0.6 is 11.6 Å². The summed E-state index contributed by atoms with van der Waals surface area (Å²) in [6.45, 7) is 0.0267. The minimum absolute atomic E-state index is 0.0267. The fourth-order valence-corrected chi connectivity index (χ4v) is 2.19. The van der Waals surface area contributed by atoms with E-state index in [1.807, 2.05) is 42.5 Å². The van der Waals surface area contributed by atoms with E-state index in [2.05, 4.69) is 20.8 Å². The van der Waals surface area contributed by atoms with Crippen molar-refractivity contribution in [3.05, 3.63) is 59.9 Å². The summed E-state index contributed by atoms with van der Waals surface area (Å²) in [5.41, 5.74) is 2.58. The van der Waals surface area contributed by atoms with Crippen LogP contribution in [0.3, 0.4) is 0 Å². The van der Waals surface area contributed by atoms with Crippen molar-refractivity contribution in [3.63, 3.8) is 0 Å². The summed E-state index contributed by atoms with van der Waals surface area (Å²) >= 11 is 6.15. The Morgan fingerprint density at radius 2 is 1.95 bits per heavy atom. The number of rotatable bonds is 4. The summed E-state index contributed by atoms with van der Waals surface area (Å²) in [6, 6.07) is 15.4. The summed E-state index contributed by atoms with van der Waals surface area (Å²) in [5.74, 6) is -0.251. The van der Waals surface area contributed by atoms with Crippen molar-refractivity contribution in [3.8, 4) is 11.1 Å². The fraction of sp³-hybridized carbons (Fsp3) is 0.0667. The Balaban J connectivity index is 1.80. The van der Waals surface area contributed by atoms with E-state index in [1.54, 1.807) is 6.07 Å². The Kier molecular flexibility index (Phi) is 4.11. The molecule has 3 rings (SSSR count). The maximum absolute atomic E-state index is 12.0. The molecule has 7 heteroatoms. The highest BCUT2D eigenvalue weighted by Crippen LogP contribution is 2.28. The second-order valence-corrected chi connectivity index (χ2v) is 5.02. The normalized spacial score (nSPS) is 10.4. The molecule has 0 saturated carbocycles. The number of amides is 1. The molecule has 1 heterocycles. The van der Waals surface area contributed by atoms with Crippen molar-refractivity contribution >= 4 is 23.2 Å². The standard InChI is InChI=1S/C15H12ClN5O/c16-13-7-6-12(11-4-2-1-3-5-11)8-14(13)18-15(22)9-21-10-17-19-20-21/h1-8,10H,9H2,(H,18,22). The SMILES string of the molecule is O=C(Cn1cnnn1)Nc1cc(-c2ccccc2)ccc1Cl. The van der Waals surface area contributed by atoms with Gasteiger partial charge in [-0.1, -0.05) is 48.0 Å². The van der Waals surface area contributed by atoms with E-state index in [4.69, 9.17) is 11.6 Å². The fourth-order valence-electron chi connectivity index (χ4n) is 2.02. The monoisotopic (exact) mass is 313 g/mol. The zero-order chi connectivity index (χ0) is 15.4. The predicted molar refractivity (Wildman–Crippen MR) is 83.3 cm³/mol. The first-order valence-corrected chi connectivity index (χ1v) is 6.96. The average molecular weight is 314 g/mol. The molecule has 22 heavy (non-hydrogen) atoms. The van der Waals surface area contributed by atoms with Crippen LogP contribution < -0.4 is 5.32 Å². The van der Waals surface area contributed by atoms with Gasteiger partial charge in [0.2, 0.25) is 5.91 Å². The van der Waals surface area contributed by atoms with Crippen molar-refractivity contribution in [1.82, 2.24) is 20.2 Å². The molecule has 0 fully saturated rings. The van der Waals surface area contributed by atoms with Gasteiger partial charge in [-0.3, -0.25) is 4.79 Å². The van der Waals surface area contributed by atoms with E-state index in [-0.39, 0.29) is 12.5 Å². The molecule has 2 aromatic carbocycles. The predicted octanol–water partition coefficient (Wildman–Crippen LogP) is 2.63. The van der Waals surface area contributed by atoms with Crippen LogP contribution in [0.25, 0.3) is 11.1 Å². The quantitative estimate of drug-likeness (QED) is 0.803. The molecule has 1 amide bonds. The van der Waals surface area contributed by atoms with Gasteiger partial charge in [0.25, 0.3) is 0 Å². The van der Waals surface area contributed by atoms with Gasteiger partial charge >= 0.3 is 0 Å². The lowest BCUT2D eigenvalue weighted by atomic mass is 10.1. The van der Waals surface area contributed by atoms with E-state index in [1.165, 1.54) is 11.0 Å². The van der Waals surface area contributed by atoms with E-state index in [9.17, 15) is 4.79 Å². The molecule has 110 valence electrons. The van der Waals surface area contributed by atoms with E-state index >= 15 is 0 Å². The number of aromatic nitrogens is 4. The highest BCUT2D eigenvalue weighted by Gasteiger charge is 2.09. The van der Waals surface area contributed by atoms with Crippen molar-refractivity contribution in [2.45, 2.75) is 6.54 Å². The Hall–Kier alpha value is -2.73. The summed E-state index contributed by atoms with van der Waals surface area (Å²) in [5, 5.41) is 13.9. The molecule has 0 aliphatic rings. The van der Waals surface area contributed by atoms with E-state index in [0.717, 1.165) is 11.1 Å². The van der Waals surface area contributed by atoms with Crippen LogP contribution in [0.2, 0.25) is 5.02 Å². The smallest absolute Gasteiger partial charge is 0.246 e. The Labute approximate surface area is 131 Å². The number of hydrogen-bond acceptors (Lipinski definition) is 4. The second-order valence-electron chi connectivity index (χ2n) is 4.62. The molecule has 1 N–H and O–H groups in total. The van der Waals surface area contributed by atoms with Gasteiger partial charge in [-0.25, -0.2) is 4.68 Å². The number of nitrogens with one attached hydrogen (secondary N) is 1. The number of hydrogen-bond donors (Lipinski definition) is 1. The maximum Gasteiger partial charge on any atom is 0.246 e. The second kappa shape index (κ2) is 6.36. The minimum atomic E-state index is -0.251. The van der Waals surface area contributed by atoms with Gasteiger partial charge in [0, 0.05) is 0 Å². The molecule has 0 atom stereocenters. The number of nitrogens with zero attached hydrogens (tertiary/aromatic N) is 4. The third-order valence-electron chi connectivity index (χ3n) is 3.04. The lowest BCUT2D eigenvalue weighted by molar-refractivity contribution is -0.116. The number of benzene rings is 2. The Bertz CT molecular complexity index is 774. The highest BCUT2D eigenvalue weighted by molar-refractivity contribution is 6.33. The number of anilines is 1. The topological polar surface area (TPSA) is 72.7 Å². The molecular formula is C15H12ClN5O. The van der Waals surface area contributed by atoms with Crippen molar-refractivity contribution in [1.29, 1.82) is 0 Å². The Morgan fingerprint density at radius 1 is 1.14 bits per heavy atom. The average Bonchev–Trinajstić information content (AvgIpc) is 3.03. The van der Waals surface area contributed by atoms with Crippen LogP contribution in [0.1, 0.15) is 0 Å². The summed E-state index contributed by atoms with van der Waals surface area (Å²) in [7, 11) is 0. The number of carbonyl (C=O) groups is 1. The number of carbonyl (C=O) groups excluding carboxylic acids is 1. The first-order valence-electron chi connectivity index (χ1n) is 6.58. The molecule has 0 spiro atoms. The summed E-state index contributed by atoms with van der Waals surface area (Å²) in [6.07, 6.45) is 1.38. The van der Waals surface area contributed by atoms with Gasteiger partial charge in [-0.05, 0) is 33.7 Å². The van der Waals surface area contributed by atoms with Crippen LogP contribution in [0, 0.1) is 0 Å². The lowest BCUT2D eigenvalue weighted by Crippen LogP contribution is -2.19. The van der Waals surface area contributed by atoms with Crippen LogP contribution in [0.15, 0.2) is 54.9 Å². The van der Waals surface area contributed by atoms with Crippen molar-refractivity contribution < 1.29 is 4.79 Å². The summed E-state index contributed by atoms with van der Waals surface area (Å²) < 4.78 is 1.34. The Morgan fingerprint density at radius 3 is 2.68 bits per heavy atom. The molecule has 0 aliphatic heterocycles. The van der Waals surface area contributed by atoms with Gasteiger partial charge in [-0.2, -0.15) is 0 Å². The van der Waals surface area contributed by atoms with Gasteiger partial charge < -0.3 is 5.32 Å². The van der Waals surface area contributed by atoms with Crippen LogP contribution in [-0.2, 0) is 11.3 Å². The van der Waals surface area contributed by atoms with E-state index < -0.39 is 0 Å². The first kappa shape index (κ1) is 14.2. The first-order chi connectivity index (χ1) is 10.7. The molecule has 0 unspecified atom stereocenters. The van der Waals surface area contributed by atoms with Crippen molar-refractivity contribution in [2.75, 3.05) is 5.32 Å². The zero-order valence-electron chi connectivity index (χ0n) is 11.5. The highest BCUT2D eigenvalue weighted by atomic mass is 35.5. The molecule has 0 bridgehead atoms. The molecule has 0 radical (unpaired) electrons. The summed E-state index contributed by atoms with van der Waals surface area (Å²) in [4.78, 5) is 12.0. The van der Waals surface area contributed by atoms with Crippen LogP contribution in [-0.4, -0.2) is 26.1 Å². The third kappa shape index (κ3) is 3.29. The van der Waals surface area contributed by atoms with Gasteiger partial charge in [0.05, 0.1) is 10.7 Å².